The highest BCUT2D eigenvalue weighted by Gasteiger charge is 2.24. The van der Waals surface area contributed by atoms with Crippen LogP contribution in [0.1, 0.15) is 23.2 Å². The molecule has 0 spiro atoms. The molecule has 0 bridgehead atoms. The minimum Gasteiger partial charge on any atom is -0.493 e. The van der Waals surface area contributed by atoms with E-state index in [-0.39, 0.29) is 17.7 Å². The number of carbonyl (C=O) groups excluding carboxylic acids is 2. The van der Waals surface area contributed by atoms with Crippen molar-refractivity contribution in [2.24, 2.45) is 11.7 Å². The maximum absolute atomic E-state index is 12.7. The number of hydrogen-bond acceptors (Lipinski definition) is 7. The lowest BCUT2D eigenvalue weighted by atomic mass is 9.97. The second-order valence-electron chi connectivity index (χ2n) is 6.96. The van der Waals surface area contributed by atoms with Crippen molar-refractivity contribution >= 4 is 23.3 Å². The van der Waals surface area contributed by atoms with Gasteiger partial charge in [-0.2, -0.15) is 0 Å². The average molecular weight is 414 g/mol. The van der Waals surface area contributed by atoms with Crippen molar-refractivity contribution < 1.29 is 23.8 Å². The van der Waals surface area contributed by atoms with Gasteiger partial charge in [0.2, 0.25) is 11.7 Å². The number of aromatic nitrogens is 1. The molecule has 3 N–H and O–H groups in total. The standard InChI is InChI=1S/C21H26N4O5/c1-28-16-9-14(10-17(29-2)19(16)30-3)21(27)24-15-6-7-18(23-11-15)25-8-4-5-13(12-25)20(22)26/h6-7,9-11,13H,4-5,8,12H2,1-3H3,(H2,22,26)(H,24,27). The third-order valence-corrected chi connectivity index (χ3v) is 5.08. The average Bonchev–Trinajstić information content (AvgIpc) is 2.78. The van der Waals surface area contributed by atoms with Gasteiger partial charge in [0.15, 0.2) is 11.5 Å². The van der Waals surface area contributed by atoms with Gasteiger partial charge in [0, 0.05) is 18.7 Å². The van der Waals surface area contributed by atoms with Crippen LogP contribution >= 0.6 is 0 Å². The largest absolute Gasteiger partial charge is 0.493 e. The summed E-state index contributed by atoms with van der Waals surface area (Å²) in [5.74, 6) is 1.16. The fraction of sp³-hybridized carbons (Fsp3) is 0.381. The van der Waals surface area contributed by atoms with E-state index in [9.17, 15) is 9.59 Å². The number of carbonyl (C=O) groups is 2. The van der Waals surface area contributed by atoms with Crippen LogP contribution in [-0.2, 0) is 4.79 Å². The van der Waals surface area contributed by atoms with E-state index in [4.69, 9.17) is 19.9 Å². The molecular formula is C21H26N4O5. The van der Waals surface area contributed by atoms with Crippen LogP contribution in [0.4, 0.5) is 11.5 Å². The molecule has 2 aromatic rings. The quantitative estimate of drug-likeness (QED) is 0.712. The fourth-order valence-corrected chi connectivity index (χ4v) is 3.48. The number of hydrogen-bond donors (Lipinski definition) is 2. The number of methoxy groups -OCH3 is 3. The van der Waals surface area contributed by atoms with Crippen molar-refractivity contribution in [1.29, 1.82) is 0 Å². The zero-order valence-corrected chi connectivity index (χ0v) is 17.3. The molecule has 1 aliphatic heterocycles. The van der Waals surface area contributed by atoms with Gasteiger partial charge in [-0.05, 0) is 37.1 Å². The SMILES string of the molecule is COc1cc(C(=O)Nc2ccc(N3CCCC(C(N)=O)C3)nc2)cc(OC)c1OC. The van der Waals surface area contributed by atoms with Gasteiger partial charge < -0.3 is 30.2 Å². The minimum atomic E-state index is -0.337. The number of ether oxygens (including phenoxy) is 3. The van der Waals surface area contributed by atoms with Crippen LogP contribution in [0.3, 0.4) is 0 Å². The van der Waals surface area contributed by atoms with E-state index in [0.717, 1.165) is 25.2 Å². The smallest absolute Gasteiger partial charge is 0.255 e. The number of nitrogens with zero attached hydrogens (tertiary/aromatic N) is 2. The van der Waals surface area contributed by atoms with Crippen molar-refractivity contribution in [1.82, 2.24) is 4.98 Å². The summed E-state index contributed by atoms with van der Waals surface area (Å²) in [7, 11) is 4.48. The minimum absolute atomic E-state index is 0.167. The van der Waals surface area contributed by atoms with E-state index in [1.165, 1.54) is 21.3 Å². The van der Waals surface area contributed by atoms with E-state index in [1.807, 2.05) is 11.0 Å². The summed E-state index contributed by atoms with van der Waals surface area (Å²) in [5, 5.41) is 2.81. The van der Waals surface area contributed by atoms with Crippen LogP contribution in [0, 0.1) is 5.92 Å². The molecule has 2 amide bonds. The number of benzene rings is 1. The normalized spacial score (nSPS) is 16.0. The zero-order chi connectivity index (χ0) is 21.7. The number of amides is 2. The third kappa shape index (κ3) is 4.56. The monoisotopic (exact) mass is 414 g/mol. The van der Waals surface area contributed by atoms with E-state index in [0.29, 0.717) is 35.0 Å². The second-order valence-corrected chi connectivity index (χ2v) is 6.96. The molecule has 0 aliphatic carbocycles. The second kappa shape index (κ2) is 9.34. The predicted octanol–water partition coefficient (Wildman–Crippen LogP) is 2.06. The Morgan fingerprint density at radius 2 is 1.83 bits per heavy atom. The Hall–Kier alpha value is -3.49. The number of rotatable bonds is 7. The molecule has 160 valence electrons. The van der Waals surface area contributed by atoms with Crippen LogP contribution < -0.4 is 30.2 Å². The third-order valence-electron chi connectivity index (χ3n) is 5.08. The lowest BCUT2D eigenvalue weighted by Crippen LogP contribution is -2.41. The van der Waals surface area contributed by atoms with E-state index < -0.39 is 0 Å². The molecule has 2 heterocycles. The maximum atomic E-state index is 12.7. The first-order chi connectivity index (χ1) is 14.5. The number of primary amides is 1. The molecular weight excluding hydrogens is 388 g/mol. The molecule has 9 nitrogen and oxygen atoms in total. The first kappa shape index (κ1) is 21.2. The summed E-state index contributed by atoms with van der Waals surface area (Å²) in [5.41, 5.74) is 6.34. The topological polar surface area (TPSA) is 116 Å². The Morgan fingerprint density at radius 3 is 2.37 bits per heavy atom. The van der Waals surface area contributed by atoms with Crippen molar-refractivity contribution in [3.8, 4) is 17.2 Å². The van der Waals surface area contributed by atoms with Gasteiger partial charge in [0.1, 0.15) is 5.82 Å². The van der Waals surface area contributed by atoms with Crippen molar-refractivity contribution in [2.45, 2.75) is 12.8 Å². The summed E-state index contributed by atoms with van der Waals surface area (Å²) in [4.78, 5) is 30.6. The fourth-order valence-electron chi connectivity index (χ4n) is 3.48. The summed E-state index contributed by atoms with van der Waals surface area (Å²) in [6.45, 7) is 1.37. The highest BCUT2D eigenvalue weighted by Crippen LogP contribution is 2.38. The van der Waals surface area contributed by atoms with Gasteiger partial charge in [0.05, 0.1) is 39.1 Å². The van der Waals surface area contributed by atoms with Gasteiger partial charge >= 0.3 is 0 Å². The number of anilines is 2. The van der Waals surface area contributed by atoms with Crippen LogP contribution in [0.25, 0.3) is 0 Å². The van der Waals surface area contributed by atoms with Crippen LogP contribution in [0.5, 0.6) is 17.2 Å². The summed E-state index contributed by atoms with van der Waals surface area (Å²) < 4.78 is 15.9. The van der Waals surface area contributed by atoms with Crippen molar-refractivity contribution in [2.75, 3.05) is 44.6 Å². The van der Waals surface area contributed by atoms with Gasteiger partial charge in [-0.15, -0.1) is 0 Å². The van der Waals surface area contributed by atoms with Crippen LogP contribution in [-0.4, -0.2) is 51.2 Å². The zero-order valence-electron chi connectivity index (χ0n) is 17.3. The maximum Gasteiger partial charge on any atom is 0.255 e. The number of nitrogens with two attached hydrogens (primary N) is 1. The Bertz CT molecular complexity index is 891. The molecule has 1 fully saturated rings. The van der Waals surface area contributed by atoms with Gasteiger partial charge in [-0.1, -0.05) is 0 Å². The highest BCUT2D eigenvalue weighted by atomic mass is 16.5. The molecule has 9 heteroatoms. The van der Waals surface area contributed by atoms with Crippen molar-refractivity contribution in [3.05, 3.63) is 36.0 Å². The molecule has 0 saturated carbocycles. The Balaban J connectivity index is 1.73. The molecule has 1 aromatic carbocycles. The van der Waals surface area contributed by atoms with Crippen molar-refractivity contribution in [3.63, 3.8) is 0 Å². The van der Waals surface area contributed by atoms with E-state index in [1.54, 1.807) is 24.4 Å². The molecule has 1 unspecified atom stereocenters. The molecule has 1 aromatic heterocycles. The van der Waals surface area contributed by atoms with Gasteiger partial charge in [0.25, 0.3) is 5.91 Å². The molecule has 1 aliphatic rings. The first-order valence-corrected chi connectivity index (χ1v) is 9.58. The van der Waals surface area contributed by atoms with Crippen LogP contribution in [0.15, 0.2) is 30.5 Å². The van der Waals surface area contributed by atoms with Gasteiger partial charge in [-0.25, -0.2) is 4.98 Å². The van der Waals surface area contributed by atoms with E-state index in [2.05, 4.69) is 10.3 Å². The van der Waals surface area contributed by atoms with Gasteiger partial charge in [-0.3, -0.25) is 9.59 Å². The predicted molar refractivity (Wildman–Crippen MR) is 112 cm³/mol. The number of piperidine rings is 1. The molecule has 0 radical (unpaired) electrons. The Morgan fingerprint density at radius 1 is 1.13 bits per heavy atom. The lowest BCUT2D eigenvalue weighted by Gasteiger charge is -2.32. The van der Waals surface area contributed by atoms with Crippen LogP contribution in [0.2, 0.25) is 0 Å². The lowest BCUT2D eigenvalue weighted by molar-refractivity contribution is -0.122. The highest BCUT2D eigenvalue weighted by molar-refractivity contribution is 6.05. The number of pyridine rings is 1. The summed E-state index contributed by atoms with van der Waals surface area (Å²) in [6, 6.07) is 6.74. The first-order valence-electron chi connectivity index (χ1n) is 9.58. The molecule has 1 atom stereocenters. The summed E-state index contributed by atoms with van der Waals surface area (Å²) >= 11 is 0. The Labute approximate surface area is 175 Å². The summed E-state index contributed by atoms with van der Waals surface area (Å²) in [6.07, 6.45) is 3.27. The molecule has 3 rings (SSSR count). The molecule has 1 saturated heterocycles. The Kier molecular flexibility index (Phi) is 6.61. The number of nitrogens with one attached hydrogen (secondary N) is 1. The molecule has 30 heavy (non-hydrogen) atoms. The van der Waals surface area contributed by atoms with E-state index >= 15 is 0 Å².